The van der Waals surface area contributed by atoms with Gasteiger partial charge in [-0.2, -0.15) is 25.3 Å². The SMILES string of the molecule is NC(CS)C(=O)NC(CC(=O)O)C(=O)NC(CS)C(=O)NC(Cc1ccccc1)C(=O)O. The predicted molar refractivity (Wildman–Crippen MR) is 122 cm³/mol. The Balaban J connectivity index is 2.86. The Morgan fingerprint density at radius 3 is 1.84 bits per heavy atom. The Morgan fingerprint density at radius 2 is 1.34 bits per heavy atom. The molecule has 13 heteroatoms. The standard InChI is InChI=1S/C19H26N4O7S2/c20-11(8-31)16(26)21-12(7-15(24)25)17(27)23-14(9-32)18(28)22-13(19(29)30)6-10-4-2-1-3-5-10/h1-5,11-14,31-32H,6-9,20H2,(H,21,26)(H,22,28)(H,23,27)(H,24,25)(H,29,30). The lowest BCUT2D eigenvalue weighted by Gasteiger charge is -2.23. The summed E-state index contributed by atoms with van der Waals surface area (Å²) in [5.41, 5.74) is 6.20. The van der Waals surface area contributed by atoms with Gasteiger partial charge in [-0.1, -0.05) is 30.3 Å². The first kappa shape index (κ1) is 27.3. The molecular formula is C19H26N4O7S2. The first-order valence-electron chi connectivity index (χ1n) is 9.46. The number of carbonyl (C=O) groups excluding carboxylic acids is 3. The first-order valence-corrected chi connectivity index (χ1v) is 10.7. The minimum absolute atomic E-state index is 0.00840. The second kappa shape index (κ2) is 13.6. The number of carboxylic acids is 2. The Kier molecular flexibility index (Phi) is 11.6. The van der Waals surface area contributed by atoms with Gasteiger partial charge in [-0.15, -0.1) is 0 Å². The van der Waals surface area contributed by atoms with E-state index in [1.165, 1.54) is 0 Å². The summed E-state index contributed by atoms with van der Waals surface area (Å²) in [6.07, 6.45) is -0.752. The molecule has 11 nitrogen and oxygen atoms in total. The highest BCUT2D eigenvalue weighted by atomic mass is 32.1. The van der Waals surface area contributed by atoms with E-state index < -0.39 is 60.2 Å². The van der Waals surface area contributed by atoms with Gasteiger partial charge in [-0.3, -0.25) is 19.2 Å². The molecule has 0 saturated carbocycles. The summed E-state index contributed by atoms with van der Waals surface area (Å²) in [6.45, 7) is 0. The predicted octanol–water partition coefficient (Wildman–Crippen LogP) is -1.57. The highest BCUT2D eigenvalue weighted by molar-refractivity contribution is 7.80. The van der Waals surface area contributed by atoms with Crippen molar-refractivity contribution in [3.05, 3.63) is 35.9 Å². The van der Waals surface area contributed by atoms with E-state index in [1.54, 1.807) is 30.3 Å². The Morgan fingerprint density at radius 1 is 0.812 bits per heavy atom. The van der Waals surface area contributed by atoms with Crippen molar-refractivity contribution in [1.29, 1.82) is 0 Å². The first-order chi connectivity index (χ1) is 15.1. The molecule has 0 fully saturated rings. The van der Waals surface area contributed by atoms with Gasteiger partial charge in [0.15, 0.2) is 0 Å². The van der Waals surface area contributed by atoms with Crippen LogP contribution < -0.4 is 21.7 Å². The summed E-state index contributed by atoms with van der Waals surface area (Å²) in [5.74, 6) is -5.47. The number of benzene rings is 1. The zero-order valence-electron chi connectivity index (χ0n) is 16.9. The average molecular weight is 487 g/mol. The lowest BCUT2D eigenvalue weighted by molar-refractivity contribution is -0.143. The maximum atomic E-state index is 12.6. The maximum absolute atomic E-state index is 12.6. The van der Waals surface area contributed by atoms with Crippen LogP contribution in [-0.4, -0.2) is 75.5 Å². The lowest BCUT2D eigenvalue weighted by atomic mass is 10.1. The van der Waals surface area contributed by atoms with Gasteiger partial charge in [0.1, 0.15) is 18.1 Å². The molecule has 7 N–H and O–H groups in total. The van der Waals surface area contributed by atoms with Gasteiger partial charge in [0, 0.05) is 17.9 Å². The van der Waals surface area contributed by atoms with E-state index >= 15 is 0 Å². The fourth-order valence-electron chi connectivity index (χ4n) is 2.53. The molecule has 0 bridgehead atoms. The molecule has 0 aliphatic carbocycles. The van der Waals surface area contributed by atoms with Crippen LogP contribution in [0.5, 0.6) is 0 Å². The molecule has 1 rings (SSSR count). The van der Waals surface area contributed by atoms with Crippen molar-refractivity contribution in [3.8, 4) is 0 Å². The molecule has 4 unspecified atom stereocenters. The van der Waals surface area contributed by atoms with E-state index in [1.807, 2.05) is 0 Å². The molecule has 3 amide bonds. The van der Waals surface area contributed by atoms with Crippen LogP contribution in [0, 0.1) is 0 Å². The topological polar surface area (TPSA) is 188 Å². The van der Waals surface area contributed by atoms with Crippen LogP contribution in [0.2, 0.25) is 0 Å². The number of thiol groups is 2. The summed E-state index contributed by atoms with van der Waals surface area (Å²) in [4.78, 5) is 59.7. The fraction of sp³-hybridized carbons (Fsp3) is 0.421. The van der Waals surface area contributed by atoms with Gasteiger partial charge < -0.3 is 31.9 Å². The van der Waals surface area contributed by atoms with E-state index in [0.717, 1.165) is 0 Å². The molecule has 1 aromatic carbocycles. The third kappa shape index (κ3) is 9.16. The smallest absolute Gasteiger partial charge is 0.326 e. The Hall–Kier alpha value is -2.77. The third-order valence-corrected chi connectivity index (χ3v) is 5.02. The molecule has 0 heterocycles. The van der Waals surface area contributed by atoms with Crippen LogP contribution in [0.15, 0.2) is 30.3 Å². The van der Waals surface area contributed by atoms with E-state index in [9.17, 15) is 29.1 Å². The molecule has 0 saturated heterocycles. The molecule has 1 aromatic rings. The molecule has 0 radical (unpaired) electrons. The monoisotopic (exact) mass is 486 g/mol. The lowest BCUT2D eigenvalue weighted by Crippen LogP contribution is -2.58. The normalized spacial score (nSPS) is 14.3. The molecule has 176 valence electrons. The van der Waals surface area contributed by atoms with Crippen molar-refractivity contribution in [1.82, 2.24) is 16.0 Å². The number of carbonyl (C=O) groups is 5. The Labute approximate surface area is 195 Å². The van der Waals surface area contributed by atoms with Gasteiger partial charge in [0.05, 0.1) is 12.5 Å². The van der Waals surface area contributed by atoms with Crippen LogP contribution >= 0.6 is 25.3 Å². The molecule has 0 spiro atoms. The van der Waals surface area contributed by atoms with Gasteiger partial charge in [-0.05, 0) is 5.56 Å². The van der Waals surface area contributed by atoms with Crippen molar-refractivity contribution in [2.75, 3.05) is 11.5 Å². The van der Waals surface area contributed by atoms with Crippen LogP contribution in [0.1, 0.15) is 12.0 Å². The largest absolute Gasteiger partial charge is 0.481 e. The third-order valence-electron chi connectivity index (χ3n) is 4.26. The summed E-state index contributed by atoms with van der Waals surface area (Å²) in [7, 11) is 0. The molecule has 0 aromatic heterocycles. The van der Waals surface area contributed by atoms with Crippen LogP contribution in [0.4, 0.5) is 0 Å². The zero-order chi connectivity index (χ0) is 24.3. The Bertz CT molecular complexity index is 825. The summed E-state index contributed by atoms with van der Waals surface area (Å²) in [5, 5.41) is 25.3. The number of nitrogens with two attached hydrogens (primary N) is 1. The fourth-order valence-corrected chi connectivity index (χ4v) is 2.96. The summed E-state index contributed by atoms with van der Waals surface area (Å²) >= 11 is 7.87. The zero-order valence-corrected chi connectivity index (χ0v) is 18.7. The quantitative estimate of drug-likeness (QED) is 0.154. The summed E-state index contributed by atoms with van der Waals surface area (Å²) in [6, 6.07) is 3.49. The molecule has 0 aliphatic heterocycles. The number of rotatable bonds is 13. The van der Waals surface area contributed by atoms with Crippen molar-refractivity contribution in [2.24, 2.45) is 5.73 Å². The minimum atomic E-state index is -1.51. The number of aliphatic carboxylic acids is 2. The second-order valence-electron chi connectivity index (χ2n) is 6.78. The van der Waals surface area contributed by atoms with Crippen molar-refractivity contribution >= 4 is 54.9 Å². The molecular weight excluding hydrogens is 460 g/mol. The van der Waals surface area contributed by atoms with E-state index in [0.29, 0.717) is 5.56 Å². The van der Waals surface area contributed by atoms with Crippen molar-refractivity contribution in [3.63, 3.8) is 0 Å². The maximum Gasteiger partial charge on any atom is 0.326 e. The van der Waals surface area contributed by atoms with E-state index in [4.69, 9.17) is 10.8 Å². The van der Waals surface area contributed by atoms with Crippen molar-refractivity contribution < 1.29 is 34.2 Å². The average Bonchev–Trinajstić information content (AvgIpc) is 2.75. The number of carboxylic acid groups (broad SMARTS) is 2. The van der Waals surface area contributed by atoms with Gasteiger partial charge in [-0.25, -0.2) is 4.79 Å². The number of hydrogen-bond acceptors (Lipinski definition) is 8. The van der Waals surface area contributed by atoms with Gasteiger partial charge >= 0.3 is 11.9 Å². The molecule has 4 atom stereocenters. The van der Waals surface area contributed by atoms with Crippen molar-refractivity contribution in [2.45, 2.75) is 37.0 Å². The number of amides is 3. The van der Waals surface area contributed by atoms with E-state index in [-0.39, 0.29) is 17.9 Å². The molecule has 0 aliphatic rings. The van der Waals surface area contributed by atoms with Gasteiger partial charge in [0.25, 0.3) is 0 Å². The summed E-state index contributed by atoms with van der Waals surface area (Å²) < 4.78 is 0. The highest BCUT2D eigenvalue weighted by Gasteiger charge is 2.30. The van der Waals surface area contributed by atoms with Gasteiger partial charge in [0.2, 0.25) is 17.7 Å². The van der Waals surface area contributed by atoms with Crippen LogP contribution in [0.3, 0.4) is 0 Å². The highest BCUT2D eigenvalue weighted by Crippen LogP contribution is 2.05. The minimum Gasteiger partial charge on any atom is -0.481 e. The van der Waals surface area contributed by atoms with Crippen LogP contribution in [-0.2, 0) is 30.4 Å². The second-order valence-corrected chi connectivity index (χ2v) is 7.51. The van der Waals surface area contributed by atoms with E-state index in [2.05, 4.69) is 41.2 Å². The van der Waals surface area contributed by atoms with Crippen LogP contribution in [0.25, 0.3) is 0 Å². The number of hydrogen-bond donors (Lipinski definition) is 8. The number of nitrogens with one attached hydrogen (secondary N) is 3. The molecule has 32 heavy (non-hydrogen) atoms.